The SMILES string of the molecule is Cc1cc(F)ccc1CC(N)C1CCC(C)O1. The summed E-state index contributed by atoms with van der Waals surface area (Å²) in [5, 5.41) is 0. The van der Waals surface area contributed by atoms with Gasteiger partial charge in [0.15, 0.2) is 0 Å². The second-order valence-corrected chi connectivity index (χ2v) is 5.00. The van der Waals surface area contributed by atoms with Gasteiger partial charge >= 0.3 is 0 Å². The minimum atomic E-state index is -0.189. The predicted molar refractivity (Wildman–Crippen MR) is 66.4 cm³/mol. The van der Waals surface area contributed by atoms with Crippen molar-refractivity contribution in [3.05, 3.63) is 35.1 Å². The molecular weight excluding hydrogens is 217 g/mol. The zero-order valence-corrected chi connectivity index (χ0v) is 10.4. The van der Waals surface area contributed by atoms with Crippen LogP contribution in [0.4, 0.5) is 4.39 Å². The third-order valence-electron chi connectivity index (χ3n) is 3.50. The summed E-state index contributed by atoms with van der Waals surface area (Å²) < 4.78 is 18.7. The molecule has 3 unspecified atom stereocenters. The normalized spacial score (nSPS) is 26.1. The summed E-state index contributed by atoms with van der Waals surface area (Å²) in [6.45, 7) is 4.00. The van der Waals surface area contributed by atoms with Crippen LogP contribution in [-0.4, -0.2) is 18.2 Å². The van der Waals surface area contributed by atoms with Gasteiger partial charge in [-0.15, -0.1) is 0 Å². The molecule has 1 saturated heterocycles. The Morgan fingerprint density at radius 3 is 2.82 bits per heavy atom. The number of nitrogens with two attached hydrogens (primary N) is 1. The van der Waals surface area contributed by atoms with Crippen molar-refractivity contribution >= 4 is 0 Å². The molecule has 2 rings (SSSR count). The van der Waals surface area contributed by atoms with Crippen molar-refractivity contribution in [1.29, 1.82) is 0 Å². The van der Waals surface area contributed by atoms with Gasteiger partial charge in [0.05, 0.1) is 12.2 Å². The standard InChI is InChI=1S/C14H20FNO/c1-9-7-12(15)5-4-11(9)8-13(16)14-6-3-10(2)17-14/h4-5,7,10,13-14H,3,6,8,16H2,1-2H3. The molecule has 0 bridgehead atoms. The van der Waals surface area contributed by atoms with Gasteiger partial charge in [-0.25, -0.2) is 4.39 Å². The van der Waals surface area contributed by atoms with Crippen LogP contribution in [0.1, 0.15) is 30.9 Å². The Kier molecular flexibility index (Phi) is 3.79. The van der Waals surface area contributed by atoms with Gasteiger partial charge in [-0.1, -0.05) is 6.07 Å². The van der Waals surface area contributed by atoms with E-state index in [-0.39, 0.29) is 18.0 Å². The quantitative estimate of drug-likeness (QED) is 0.877. The number of aryl methyl sites for hydroxylation is 1. The molecule has 0 spiro atoms. The molecule has 1 aromatic carbocycles. The monoisotopic (exact) mass is 237 g/mol. The molecule has 2 nitrogen and oxygen atoms in total. The Bertz CT molecular complexity index is 394. The van der Waals surface area contributed by atoms with E-state index in [0.29, 0.717) is 6.10 Å². The molecule has 1 fully saturated rings. The van der Waals surface area contributed by atoms with Gasteiger partial charge in [-0.3, -0.25) is 0 Å². The van der Waals surface area contributed by atoms with Gasteiger partial charge < -0.3 is 10.5 Å². The summed E-state index contributed by atoms with van der Waals surface area (Å²) >= 11 is 0. The number of hydrogen-bond acceptors (Lipinski definition) is 2. The average molecular weight is 237 g/mol. The lowest BCUT2D eigenvalue weighted by molar-refractivity contribution is 0.0404. The summed E-state index contributed by atoms with van der Waals surface area (Å²) in [6, 6.07) is 4.88. The highest BCUT2D eigenvalue weighted by Crippen LogP contribution is 2.23. The van der Waals surface area contributed by atoms with Crippen LogP contribution >= 0.6 is 0 Å². The van der Waals surface area contributed by atoms with Crippen molar-refractivity contribution in [1.82, 2.24) is 0 Å². The van der Waals surface area contributed by atoms with Crippen LogP contribution in [0.5, 0.6) is 0 Å². The summed E-state index contributed by atoms with van der Waals surface area (Å²) in [6.07, 6.45) is 3.34. The maximum Gasteiger partial charge on any atom is 0.123 e. The highest BCUT2D eigenvalue weighted by atomic mass is 19.1. The van der Waals surface area contributed by atoms with Crippen molar-refractivity contribution in [2.75, 3.05) is 0 Å². The maximum absolute atomic E-state index is 13.0. The van der Waals surface area contributed by atoms with Gasteiger partial charge in [0.2, 0.25) is 0 Å². The zero-order chi connectivity index (χ0) is 12.4. The first kappa shape index (κ1) is 12.5. The molecule has 1 aromatic rings. The molecule has 0 radical (unpaired) electrons. The second-order valence-electron chi connectivity index (χ2n) is 5.00. The Balaban J connectivity index is 2.00. The minimum Gasteiger partial charge on any atom is -0.374 e. The van der Waals surface area contributed by atoms with E-state index in [0.717, 1.165) is 30.4 Å². The zero-order valence-electron chi connectivity index (χ0n) is 10.4. The number of ether oxygens (including phenoxy) is 1. The lowest BCUT2D eigenvalue weighted by Crippen LogP contribution is -2.36. The largest absolute Gasteiger partial charge is 0.374 e. The summed E-state index contributed by atoms with van der Waals surface area (Å²) in [7, 11) is 0. The third kappa shape index (κ3) is 3.05. The Labute approximate surface area is 102 Å². The predicted octanol–water partition coefficient (Wildman–Crippen LogP) is 2.57. The Hall–Kier alpha value is -0.930. The average Bonchev–Trinajstić information content (AvgIpc) is 2.69. The van der Waals surface area contributed by atoms with E-state index in [1.54, 1.807) is 6.07 Å². The first-order chi connectivity index (χ1) is 8.06. The molecule has 94 valence electrons. The number of benzene rings is 1. The first-order valence-corrected chi connectivity index (χ1v) is 6.22. The molecule has 1 aliphatic rings. The molecule has 2 N–H and O–H groups in total. The lowest BCUT2D eigenvalue weighted by Gasteiger charge is -2.20. The molecule has 1 heterocycles. The molecule has 0 aromatic heterocycles. The van der Waals surface area contributed by atoms with Gasteiger partial charge in [0, 0.05) is 6.04 Å². The minimum absolute atomic E-state index is 0.00381. The molecule has 17 heavy (non-hydrogen) atoms. The third-order valence-corrected chi connectivity index (χ3v) is 3.50. The van der Waals surface area contributed by atoms with Crippen LogP contribution in [0, 0.1) is 12.7 Å². The van der Waals surface area contributed by atoms with E-state index in [1.807, 2.05) is 13.0 Å². The van der Waals surface area contributed by atoms with Crippen LogP contribution in [0.15, 0.2) is 18.2 Å². The van der Waals surface area contributed by atoms with Crippen molar-refractivity contribution in [2.45, 2.75) is 51.4 Å². The fraction of sp³-hybridized carbons (Fsp3) is 0.571. The highest BCUT2D eigenvalue weighted by molar-refractivity contribution is 5.27. The Morgan fingerprint density at radius 2 is 2.24 bits per heavy atom. The number of hydrogen-bond donors (Lipinski definition) is 1. The number of rotatable bonds is 3. The molecule has 1 aliphatic heterocycles. The van der Waals surface area contributed by atoms with E-state index in [1.165, 1.54) is 6.07 Å². The lowest BCUT2D eigenvalue weighted by atomic mass is 9.97. The topological polar surface area (TPSA) is 35.2 Å². The molecule has 3 atom stereocenters. The van der Waals surface area contributed by atoms with Crippen molar-refractivity contribution in [3.8, 4) is 0 Å². The highest BCUT2D eigenvalue weighted by Gasteiger charge is 2.27. The van der Waals surface area contributed by atoms with Crippen LogP contribution in [-0.2, 0) is 11.2 Å². The van der Waals surface area contributed by atoms with E-state index in [2.05, 4.69) is 6.92 Å². The molecular formula is C14H20FNO. The van der Waals surface area contributed by atoms with Crippen molar-refractivity contribution in [3.63, 3.8) is 0 Å². The van der Waals surface area contributed by atoms with Crippen LogP contribution in [0.2, 0.25) is 0 Å². The Morgan fingerprint density at radius 1 is 1.47 bits per heavy atom. The van der Waals surface area contributed by atoms with E-state index in [4.69, 9.17) is 10.5 Å². The van der Waals surface area contributed by atoms with E-state index >= 15 is 0 Å². The van der Waals surface area contributed by atoms with Crippen LogP contribution in [0.3, 0.4) is 0 Å². The smallest absolute Gasteiger partial charge is 0.123 e. The second kappa shape index (κ2) is 5.15. The molecule has 0 aliphatic carbocycles. The molecule has 0 saturated carbocycles. The van der Waals surface area contributed by atoms with Crippen LogP contribution in [0.25, 0.3) is 0 Å². The van der Waals surface area contributed by atoms with Crippen molar-refractivity contribution < 1.29 is 9.13 Å². The summed E-state index contributed by atoms with van der Waals surface area (Å²) in [5.74, 6) is -0.189. The van der Waals surface area contributed by atoms with Gasteiger partial charge in [0.25, 0.3) is 0 Å². The van der Waals surface area contributed by atoms with Crippen LogP contribution < -0.4 is 5.73 Å². The fourth-order valence-corrected chi connectivity index (χ4v) is 2.42. The first-order valence-electron chi connectivity index (χ1n) is 6.22. The van der Waals surface area contributed by atoms with Gasteiger partial charge in [-0.2, -0.15) is 0 Å². The summed E-state index contributed by atoms with van der Waals surface area (Å²) in [5.41, 5.74) is 8.24. The van der Waals surface area contributed by atoms with Crippen molar-refractivity contribution in [2.24, 2.45) is 5.73 Å². The van der Waals surface area contributed by atoms with E-state index in [9.17, 15) is 4.39 Å². The summed E-state index contributed by atoms with van der Waals surface area (Å²) in [4.78, 5) is 0. The molecule has 0 amide bonds. The van der Waals surface area contributed by atoms with Gasteiger partial charge in [0.1, 0.15) is 5.82 Å². The maximum atomic E-state index is 13.0. The van der Waals surface area contributed by atoms with Gasteiger partial charge in [-0.05, 0) is 56.4 Å². The van der Waals surface area contributed by atoms with E-state index < -0.39 is 0 Å². The fourth-order valence-electron chi connectivity index (χ4n) is 2.42. The number of halogens is 1. The molecule has 3 heteroatoms.